The lowest BCUT2D eigenvalue weighted by molar-refractivity contribution is -0.114. The molecule has 48 valence electrons. The summed E-state index contributed by atoms with van der Waals surface area (Å²) in [6, 6.07) is 0. The van der Waals surface area contributed by atoms with Gasteiger partial charge in [0.25, 0.3) is 0 Å². The van der Waals surface area contributed by atoms with E-state index in [9.17, 15) is 4.79 Å². The molecule has 2 aliphatic rings. The number of fused-ring (bicyclic) bond motifs is 1. The molecule has 1 saturated carbocycles. The Morgan fingerprint density at radius 1 is 1.44 bits per heavy atom. The van der Waals surface area contributed by atoms with Gasteiger partial charge in [0, 0.05) is 6.42 Å². The molecule has 0 aromatic heterocycles. The fourth-order valence-corrected chi connectivity index (χ4v) is 1.85. The van der Waals surface area contributed by atoms with Crippen LogP contribution in [0.2, 0.25) is 0 Å². The lowest BCUT2D eigenvalue weighted by Crippen LogP contribution is -1.93. The molecule has 0 saturated heterocycles. The summed E-state index contributed by atoms with van der Waals surface area (Å²) in [5.41, 5.74) is 1.15. The lowest BCUT2D eigenvalue weighted by atomic mass is 10.1. The quantitative estimate of drug-likeness (QED) is 0.477. The van der Waals surface area contributed by atoms with E-state index >= 15 is 0 Å². The van der Waals surface area contributed by atoms with E-state index in [0.29, 0.717) is 11.7 Å². The standard InChI is InChI=1S/C8H10O/c9-8-5-4-6-2-1-3-7(6)8/h3,6H,1-2,4-5H2. The van der Waals surface area contributed by atoms with E-state index in [4.69, 9.17) is 0 Å². The molecule has 2 rings (SSSR count). The topological polar surface area (TPSA) is 17.1 Å². The minimum absolute atomic E-state index is 0.414. The third kappa shape index (κ3) is 0.640. The summed E-state index contributed by atoms with van der Waals surface area (Å²) in [6.07, 6.45) is 6.45. The summed E-state index contributed by atoms with van der Waals surface area (Å²) in [5, 5.41) is 0. The maximum atomic E-state index is 11.0. The van der Waals surface area contributed by atoms with Crippen molar-refractivity contribution in [3.05, 3.63) is 11.6 Å². The third-order valence-electron chi connectivity index (χ3n) is 2.36. The Kier molecular flexibility index (Phi) is 0.981. The van der Waals surface area contributed by atoms with Gasteiger partial charge < -0.3 is 0 Å². The monoisotopic (exact) mass is 122 g/mol. The van der Waals surface area contributed by atoms with Crippen LogP contribution < -0.4 is 0 Å². The molecule has 0 radical (unpaired) electrons. The first kappa shape index (κ1) is 5.21. The molecule has 1 heteroatoms. The molecule has 0 aromatic carbocycles. The highest BCUT2D eigenvalue weighted by Gasteiger charge is 2.30. The highest BCUT2D eigenvalue weighted by molar-refractivity contribution is 5.98. The van der Waals surface area contributed by atoms with Crippen LogP contribution in [0.3, 0.4) is 0 Å². The van der Waals surface area contributed by atoms with Gasteiger partial charge in [0.2, 0.25) is 0 Å². The molecule has 0 aromatic rings. The van der Waals surface area contributed by atoms with Gasteiger partial charge in [0.1, 0.15) is 0 Å². The van der Waals surface area contributed by atoms with Crippen molar-refractivity contribution in [1.82, 2.24) is 0 Å². The maximum Gasteiger partial charge on any atom is 0.158 e. The Morgan fingerprint density at radius 3 is 3.11 bits per heavy atom. The van der Waals surface area contributed by atoms with Crippen LogP contribution >= 0.6 is 0 Å². The molecule has 0 amide bonds. The zero-order valence-corrected chi connectivity index (χ0v) is 5.39. The fraction of sp³-hybridized carbons (Fsp3) is 0.625. The number of hydrogen-bond acceptors (Lipinski definition) is 1. The summed E-state index contributed by atoms with van der Waals surface area (Å²) in [5.74, 6) is 1.08. The Morgan fingerprint density at radius 2 is 2.33 bits per heavy atom. The molecule has 0 bridgehead atoms. The van der Waals surface area contributed by atoms with Crippen LogP contribution in [-0.2, 0) is 4.79 Å². The van der Waals surface area contributed by atoms with Crippen LogP contribution in [0, 0.1) is 5.92 Å². The minimum Gasteiger partial charge on any atom is -0.295 e. The summed E-state index contributed by atoms with van der Waals surface area (Å²) >= 11 is 0. The van der Waals surface area contributed by atoms with Crippen molar-refractivity contribution in [1.29, 1.82) is 0 Å². The van der Waals surface area contributed by atoms with E-state index < -0.39 is 0 Å². The van der Waals surface area contributed by atoms with Crippen molar-refractivity contribution in [2.45, 2.75) is 25.7 Å². The smallest absolute Gasteiger partial charge is 0.158 e. The molecule has 0 heterocycles. The van der Waals surface area contributed by atoms with Crippen LogP contribution in [0.5, 0.6) is 0 Å². The zero-order chi connectivity index (χ0) is 6.27. The van der Waals surface area contributed by atoms with E-state index in [1.54, 1.807) is 0 Å². The molecule has 1 nitrogen and oxygen atoms in total. The second-order valence-electron chi connectivity index (χ2n) is 2.90. The first-order valence-electron chi connectivity index (χ1n) is 3.61. The first-order valence-corrected chi connectivity index (χ1v) is 3.61. The summed E-state index contributed by atoms with van der Waals surface area (Å²) in [6.45, 7) is 0. The molecule has 1 fully saturated rings. The van der Waals surface area contributed by atoms with E-state index in [2.05, 4.69) is 6.08 Å². The predicted molar refractivity (Wildman–Crippen MR) is 35.0 cm³/mol. The number of rotatable bonds is 0. The molecule has 9 heavy (non-hydrogen) atoms. The average Bonchev–Trinajstić information content (AvgIpc) is 2.35. The maximum absolute atomic E-state index is 11.0. The second-order valence-corrected chi connectivity index (χ2v) is 2.90. The van der Waals surface area contributed by atoms with E-state index in [-0.39, 0.29) is 0 Å². The average molecular weight is 122 g/mol. The van der Waals surface area contributed by atoms with Crippen LogP contribution in [-0.4, -0.2) is 5.78 Å². The van der Waals surface area contributed by atoms with Crippen molar-refractivity contribution in [2.24, 2.45) is 5.92 Å². The van der Waals surface area contributed by atoms with Crippen molar-refractivity contribution in [2.75, 3.05) is 0 Å². The molecular formula is C8H10O. The molecule has 0 spiro atoms. The Balaban J connectivity index is 2.32. The van der Waals surface area contributed by atoms with Crippen LogP contribution in [0.1, 0.15) is 25.7 Å². The SMILES string of the molecule is O=C1CCC2CCC=C12. The second kappa shape index (κ2) is 1.69. The number of carbonyl (C=O) groups excluding carboxylic acids is 1. The first-order chi connectivity index (χ1) is 4.38. The van der Waals surface area contributed by atoms with Gasteiger partial charge in [-0.2, -0.15) is 0 Å². The lowest BCUT2D eigenvalue weighted by Gasteiger charge is -1.97. The molecular weight excluding hydrogens is 112 g/mol. The van der Waals surface area contributed by atoms with Gasteiger partial charge in [-0.25, -0.2) is 0 Å². The predicted octanol–water partition coefficient (Wildman–Crippen LogP) is 1.69. The van der Waals surface area contributed by atoms with Crippen molar-refractivity contribution < 1.29 is 4.79 Å². The Hall–Kier alpha value is -0.590. The summed E-state index contributed by atoms with van der Waals surface area (Å²) < 4.78 is 0. The van der Waals surface area contributed by atoms with Crippen LogP contribution in [0.15, 0.2) is 11.6 Å². The van der Waals surface area contributed by atoms with Gasteiger partial charge >= 0.3 is 0 Å². The van der Waals surface area contributed by atoms with E-state index in [1.165, 1.54) is 6.42 Å². The number of ketones is 1. The van der Waals surface area contributed by atoms with Gasteiger partial charge in [0.15, 0.2) is 5.78 Å². The van der Waals surface area contributed by atoms with Crippen LogP contribution in [0.4, 0.5) is 0 Å². The Bertz CT molecular complexity index is 179. The van der Waals surface area contributed by atoms with Crippen molar-refractivity contribution in [3.63, 3.8) is 0 Å². The highest BCUT2D eigenvalue weighted by Crippen LogP contribution is 2.36. The molecule has 1 unspecified atom stereocenters. The largest absolute Gasteiger partial charge is 0.295 e. The molecule has 1 atom stereocenters. The van der Waals surface area contributed by atoms with Gasteiger partial charge in [-0.15, -0.1) is 0 Å². The highest BCUT2D eigenvalue weighted by atomic mass is 16.1. The van der Waals surface area contributed by atoms with E-state index in [1.807, 2.05) is 0 Å². The number of carbonyl (C=O) groups is 1. The third-order valence-corrected chi connectivity index (χ3v) is 2.36. The van der Waals surface area contributed by atoms with Gasteiger partial charge in [-0.05, 0) is 30.8 Å². The number of allylic oxidation sites excluding steroid dienone is 2. The van der Waals surface area contributed by atoms with Crippen molar-refractivity contribution in [3.8, 4) is 0 Å². The van der Waals surface area contributed by atoms with Gasteiger partial charge in [-0.1, -0.05) is 6.08 Å². The number of hydrogen-bond donors (Lipinski definition) is 0. The summed E-state index contributed by atoms with van der Waals surface area (Å²) in [4.78, 5) is 11.0. The molecule has 0 aliphatic heterocycles. The minimum atomic E-state index is 0.414. The number of Topliss-reactive ketones (excluding diaryl/α,β-unsaturated/α-hetero) is 1. The molecule has 0 N–H and O–H groups in total. The van der Waals surface area contributed by atoms with Crippen LogP contribution in [0.25, 0.3) is 0 Å². The normalized spacial score (nSPS) is 32.7. The van der Waals surface area contributed by atoms with Gasteiger partial charge in [-0.3, -0.25) is 4.79 Å². The van der Waals surface area contributed by atoms with Crippen molar-refractivity contribution >= 4 is 5.78 Å². The van der Waals surface area contributed by atoms with E-state index in [0.717, 1.165) is 24.8 Å². The summed E-state index contributed by atoms with van der Waals surface area (Å²) in [7, 11) is 0. The van der Waals surface area contributed by atoms with Gasteiger partial charge in [0.05, 0.1) is 0 Å². The zero-order valence-electron chi connectivity index (χ0n) is 5.39. The fourth-order valence-electron chi connectivity index (χ4n) is 1.85. The molecule has 2 aliphatic carbocycles. The Labute approximate surface area is 54.8 Å².